The maximum absolute atomic E-state index is 14.4. The third-order valence-electron chi connectivity index (χ3n) is 10.00. The zero-order valence-electron chi connectivity index (χ0n) is 30.7. The quantitative estimate of drug-likeness (QED) is 0.370. The summed E-state index contributed by atoms with van der Waals surface area (Å²) in [6.45, 7) is 6.71. The molecule has 1 aliphatic carbocycles. The number of alkyl carbamates (subject to hydrolysis) is 1. The zero-order valence-corrected chi connectivity index (χ0v) is 32.3. The van der Waals surface area contributed by atoms with Crippen LogP contribution in [0.15, 0.2) is 46.7 Å². The van der Waals surface area contributed by atoms with Crippen LogP contribution in [0.5, 0.6) is 0 Å². The summed E-state index contributed by atoms with van der Waals surface area (Å²) in [6.07, 6.45) is 4.00. The van der Waals surface area contributed by atoms with Gasteiger partial charge < -0.3 is 25.0 Å². The second kappa shape index (κ2) is 15.3. The first-order valence-corrected chi connectivity index (χ1v) is 20.4. The van der Waals surface area contributed by atoms with E-state index >= 15 is 0 Å². The Morgan fingerprint density at radius 1 is 1.07 bits per heavy atom. The van der Waals surface area contributed by atoms with Crippen LogP contribution in [-0.4, -0.2) is 84.0 Å². The second-order valence-electron chi connectivity index (χ2n) is 15.3. The van der Waals surface area contributed by atoms with Crippen LogP contribution in [0.1, 0.15) is 81.7 Å². The number of hydrogen-bond acceptors (Lipinski definition) is 10. The fourth-order valence-electron chi connectivity index (χ4n) is 7.16. The van der Waals surface area contributed by atoms with Gasteiger partial charge in [-0.05, 0) is 77.1 Å². The minimum atomic E-state index is -4.25. The van der Waals surface area contributed by atoms with E-state index in [1.165, 1.54) is 21.9 Å². The number of carbonyl (C=O) groups is 5. The van der Waals surface area contributed by atoms with Crippen molar-refractivity contribution in [2.24, 2.45) is 5.92 Å². The van der Waals surface area contributed by atoms with E-state index in [1.54, 1.807) is 52.0 Å². The van der Waals surface area contributed by atoms with Crippen molar-refractivity contribution in [2.75, 3.05) is 6.54 Å². The summed E-state index contributed by atoms with van der Waals surface area (Å²) in [5.41, 5.74) is -1.45. The number of rotatable bonds is 5. The number of nitrogens with zero attached hydrogens (tertiary/aromatic N) is 2. The highest BCUT2D eigenvalue weighted by molar-refractivity contribution is 7.92. The van der Waals surface area contributed by atoms with Gasteiger partial charge in [0, 0.05) is 29.3 Å². The van der Waals surface area contributed by atoms with Gasteiger partial charge in [0.2, 0.25) is 11.8 Å². The lowest BCUT2D eigenvalue weighted by molar-refractivity contribution is -0.141. The molecule has 1 saturated heterocycles. The van der Waals surface area contributed by atoms with E-state index in [4.69, 9.17) is 9.47 Å². The van der Waals surface area contributed by atoms with Crippen LogP contribution in [-0.2, 0) is 47.0 Å². The lowest BCUT2D eigenvalue weighted by Crippen LogP contribution is -2.58. The number of aryl methyl sites for hydroxylation is 1. The van der Waals surface area contributed by atoms with E-state index in [0.717, 1.165) is 22.6 Å². The predicted molar refractivity (Wildman–Crippen MR) is 195 cm³/mol. The molecular formula is C37H46FN5O9S2. The largest absolute Gasteiger partial charge is 0.444 e. The molecule has 4 aliphatic rings. The molecule has 4 heterocycles. The number of thiophene rings is 1. The van der Waals surface area contributed by atoms with Crippen molar-refractivity contribution in [3.63, 3.8) is 0 Å². The molecule has 5 atom stereocenters. The number of ether oxygens (including phenoxy) is 2. The first kappa shape index (κ1) is 39.2. The van der Waals surface area contributed by atoms with Gasteiger partial charge in [-0.2, -0.15) is 0 Å². The summed E-state index contributed by atoms with van der Waals surface area (Å²) in [7, 11) is -4.25. The molecule has 1 aromatic heterocycles. The van der Waals surface area contributed by atoms with Gasteiger partial charge in [-0.25, -0.2) is 27.1 Å². The van der Waals surface area contributed by atoms with E-state index in [-0.39, 0.29) is 43.1 Å². The Bertz CT molecular complexity index is 1960. The summed E-state index contributed by atoms with van der Waals surface area (Å²) >= 11 is 1.00. The number of benzene rings is 1. The van der Waals surface area contributed by atoms with E-state index in [0.29, 0.717) is 30.4 Å². The second-order valence-corrected chi connectivity index (χ2v) is 18.5. The van der Waals surface area contributed by atoms with Gasteiger partial charge in [0.05, 0.1) is 13.1 Å². The normalized spacial score (nSPS) is 26.6. The Morgan fingerprint density at radius 3 is 2.56 bits per heavy atom. The summed E-state index contributed by atoms with van der Waals surface area (Å²) < 4.78 is 54.2. The van der Waals surface area contributed by atoms with Crippen molar-refractivity contribution in [1.29, 1.82) is 0 Å². The molecule has 0 unspecified atom stereocenters. The van der Waals surface area contributed by atoms with Crippen molar-refractivity contribution < 1.29 is 46.3 Å². The lowest BCUT2D eigenvalue weighted by atomic mass is 10.0. The third kappa shape index (κ3) is 8.72. The van der Waals surface area contributed by atoms with Crippen molar-refractivity contribution in [2.45, 2.75) is 119 Å². The molecule has 292 valence electrons. The average Bonchev–Trinajstić information content (AvgIpc) is 3.46. The standard InChI is InChI=1S/C37H46FN5O9S2/c1-22-15-16-30(53-22)54(49,50)41-33(46)37-18-24(37)12-8-6-5-7-9-14-28(39-34(47)52-36(2,3)4)32(45)43-20-25(17-29(43)31(44)40-37)51-35(48)42-19-23-11-10-13-27(38)26(23)21-42/h8,10-13,15-16,24-25,28-29H,5-7,9,14,17-21H2,1-4H3,(H,39,47)(H,40,44)(H,41,46)/b12-8-/t24-,25-,28+,29+,37-/m1/s1. The molecule has 0 spiro atoms. The monoisotopic (exact) mass is 787 g/mol. The molecule has 0 radical (unpaired) electrons. The Balaban J connectivity index is 1.26. The first-order chi connectivity index (χ1) is 25.5. The molecule has 54 heavy (non-hydrogen) atoms. The number of sulfonamides is 1. The number of fused-ring (bicyclic) bond motifs is 3. The molecule has 2 fully saturated rings. The smallest absolute Gasteiger partial charge is 0.410 e. The van der Waals surface area contributed by atoms with Gasteiger partial charge in [-0.1, -0.05) is 37.1 Å². The summed E-state index contributed by atoms with van der Waals surface area (Å²) in [6, 6.07) is 5.26. The predicted octanol–water partition coefficient (Wildman–Crippen LogP) is 4.41. The maximum Gasteiger partial charge on any atom is 0.410 e. The van der Waals surface area contributed by atoms with Crippen LogP contribution in [0.4, 0.5) is 14.0 Å². The highest BCUT2D eigenvalue weighted by Crippen LogP contribution is 2.46. The molecule has 3 aliphatic heterocycles. The molecule has 3 N–H and O–H groups in total. The Hall–Kier alpha value is -4.51. The van der Waals surface area contributed by atoms with Gasteiger partial charge in [-0.15, -0.1) is 11.3 Å². The minimum absolute atomic E-state index is 0.0114. The molecule has 2 aromatic rings. The lowest BCUT2D eigenvalue weighted by Gasteiger charge is -2.30. The third-order valence-corrected chi connectivity index (χ3v) is 12.8. The first-order valence-electron chi connectivity index (χ1n) is 18.1. The number of nitrogens with one attached hydrogen (secondary N) is 3. The number of amides is 5. The molecule has 17 heteroatoms. The fourth-order valence-corrected chi connectivity index (χ4v) is 9.48. The van der Waals surface area contributed by atoms with Crippen molar-refractivity contribution >= 4 is 51.3 Å². The van der Waals surface area contributed by atoms with Crippen LogP contribution >= 0.6 is 11.3 Å². The number of allylic oxidation sites excluding steroid dienone is 1. The van der Waals surface area contributed by atoms with Crippen LogP contribution in [0.2, 0.25) is 0 Å². The van der Waals surface area contributed by atoms with Crippen LogP contribution in [0, 0.1) is 18.7 Å². The number of carbonyl (C=O) groups excluding carboxylic acids is 5. The SMILES string of the molecule is Cc1ccc(S(=O)(=O)NC(=O)[C@@]23C[C@H]2/C=C\CCCCC[C@H](NC(=O)OC(C)(C)C)C(=O)N2C[C@H](OC(=O)N4Cc5cccc(F)c5C4)C[C@H]2C(=O)N3)s1. The molecule has 14 nitrogen and oxygen atoms in total. The molecule has 5 amide bonds. The maximum atomic E-state index is 14.4. The fraction of sp³-hybridized carbons (Fsp3) is 0.541. The van der Waals surface area contributed by atoms with E-state index < -0.39 is 81.0 Å². The highest BCUT2D eigenvalue weighted by Gasteiger charge is 2.62. The van der Waals surface area contributed by atoms with Crippen LogP contribution in [0.3, 0.4) is 0 Å². The van der Waals surface area contributed by atoms with E-state index in [9.17, 15) is 36.8 Å². The molecular weight excluding hydrogens is 742 g/mol. The van der Waals surface area contributed by atoms with E-state index in [2.05, 4.69) is 15.4 Å². The van der Waals surface area contributed by atoms with Crippen LogP contribution in [0.25, 0.3) is 0 Å². The molecule has 1 saturated carbocycles. The van der Waals surface area contributed by atoms with Gasteiger partial charge in [0.25, 0.3) is 15.9 Å². The van der Waals surface area contributed by atoms with Crippen LogP contribution < -0.4 is 15.4 Å². The summed E-state index contributed by atoms with van der Waals surface area (Å²) in [5, 5.41) is 5.45. The number of hydrogen-bond donors (Lipinski definition) is 3. The zero-order chi connectivity index (χ0) is 39.0. The van der Waals surface area contributed by atoms with Gasteiger partial charge in [0.15, 0.2) is 0 Å². The molecule has 6 rings (SSSR count). The summed E-state index contributed by atoms with van der Waals surface area (Å²) in [4.78, 5) is 72.1. The summed E-state index contributed by atoms with van der Waals surface area (Å²) in [5.74, 6) is -3.23. The van der Waals surface area contributed by atoms with Gasteiger partial charge in [0.1, 0.15) is 39.4 Å². The Morgan fingerprint density at radius 2 is 1.85 bits per heavy atom. The topological polar surface area (TPSA) is 181 Å². The molecule has 1 aromatic carbocycles. The van der Waals surface area contributed by atoms with Crippen molar-refractivity contribution in [1.82, 2.24) is 25.2 Å². The molecule has 0 bridgehead atoms. The van der Waals surface area contributed by atoms with Crippen molar-refractivity contribution in [3.05, 3.63) is 64.3 Å². The van der Waals surface area contributed by atoms with E-state index in [1.807, 2.05) is 6.08 Å². The van der Waals surface area contributed by atoms with Crippen molar-refractivity contribution in [3.8, 4) is 0 Å². The highest BCUT2D eigenvalue weighted by atomic mass is 32.2. The Kier molecular flexibility index (Phi) is 11.1. The van der Waals surface area contributed by atoms with Gasteiger partial charge >= 0.3 is 12.2 Å². The minimum Gasteiger partial charge on any atom is -0.444 e. The Labute approximate surface area is 317 Å². The van der Waals surface area contributed by atoms with Gasteiger partial charge in [-0.3, -0.25) is 19.3 Å². The number of halogens is 1. The average molecular weight is 788 g/mol.